The first-order valence-corrected chi connectivity index (χ1v) is 24.7. The second-order valence-electron chi connectivity index (χ2n) is 18.0. The Labute approximate surface area is 305 Å². The number of allylic oxidation sites excluding steroid dienone is 1. The van der Waals surface area contributed by atoms with E-state index in [9.17, 15) is 19.8 Å². The van der Waals surface area contributed by atoms with E-state index in [1.807, 2.05) is 46.9 Å². The average molecular weight is 738 g/mol. The van der Waals surface area contributed by atoms with Gasteiger partial charge in [-0.1, -0.05) is 80.9 Å². The smallest absolute Gasteiger partial charge is 0.305 e. The van der Waals surface area contributed by atoms with Crippen LogP contribution in [0.3, 0.4) is 0 Å². The summed E-state index contributed by atoms with van der Waals surface area (Å²) >= 11 is 1.62. The van der Waals surface area contributed by atoms with E-state index in [2.05, 4.69) is 92.6 Å². The Hall–Kier alpha value is -1.44. The van der Waals surface area contributed by atoms with Crippen molar-refractivity contribution in [3.8, 4) is 0 Å². The number of hydrogen-bond acceptors (Lipinski definition) is 7. The summed E-state index contributed by atoms with van der Waals surface area (Å²) in [5, 5.41) is 21.5. The zero-order valence-corrected chi connectivity index (χ0v) is 36.9. The molecule has 0 radical (unpaired) electrons. The van der Waals surface area contributed by atoms with Crippen LogP contribution >= 0.6 is 11.3 Å². The summed E-state index contributed by atoms with van der Waals surface area (Å²) in [5.74, 6) is -1.30. The predicted octanol–water partition coefficient (Wildman–Crippen LogP) is 10.8. The number of thiazole rings is 1. The second-order valence-corrected chi connectivity index (χ2v) is 28.8. The van der Waals surface area contributed by atoms with Gasteiger partial charge in [-0.05, 0) is 100 Å². The van der Waals surface area contributed by atoms with Crippen molar-refractivity contribution in [1.29, 1.82) is 0 Å². The maximum absolute atomic E-state index is 14.5. The standard InChI is InChI=1S/C39H71NO6SSi2/c1-26(21-22-32(41)28(3)23-31-25-40-30(5)47-31)19-18-20-27(2)35(46-49(16,17)38(9,10)11)29(4)36(44)39(12,13)33(24-34(42)43)45-48(14,15)37(6,7)8/h21,23,25,27,29,32-33,35,41H,18-20,22,24H2,1-17H3,(H,42,43)/b26-21-,28-23+. The minimum atomic E-state index is -2.37. The zero-order chi connectivity index (χ0) is 38.3. The fourth-order valence-corrected chi connectivity index (χ4v) is 9.20. The number of carbonyl (C=O) groups is 2. The van der Waals surface area contributed by atoms with Gasteiger partial charge in [-0.2, -0.15) is 0 Å². The van der Waals surface area contributed by atoms with Crippen LogP contribution in [0.5, 0.6) is 0 Å². The topological polar surface area (TPSA) is 106 Å². The average Bonchev–Trinajstić information content (AvgIpc) is 3.35. The van der Waals surface area contributed by atoms with Crippen molar-refractivity contribution in [2.24, 2.45) is 17.3 Å². The van der Waals surface area contributed by atoms with E-state index in [-0.39, 0.29) is 34.3 Å². The summed E-state index contributed by atoms with van der Waals surface area (Å²) in [6.07, 6.45) is 7.46. The molecule has 0 spiro atoms. The van der Waals surface area contributed by atoms with Crippen LogP contribution in [0, 0.1) is 24.2 Å². The van der Waals surface area contributed by atoms with Gasteiger partial charge in [0.15, 0.2) is 16.6 Å². The third kappa shape index (κ3) is 13.6. The van der Waals surface area contributed by atoms with Crippen molar-refractivity contribution in [1.82, 2.24) is 4.98 Å². The molecule has 5 atom stereocenters. The molecule has 0 saturated carbocycles. The number of hydrogen-bond donors (Lipinski definition) is 2. The molecule has 49 heavy (non-hydrogen) atoms. The van der Waals surface area contributed by atoms with Crippen molar-refractivity contribution >= 4 is 45.8 Å². The number of Topliss-reactive ketones (excluding diaryl/α,β-unsaturated/α-hetero) is 1. The first-order chi connectivity index (χ1) is 22.0. The van der Waals surface area contributed by atoms with Crippen LogP contribution in [-0.2, 0) is 18.4 Å². The molecular weight excluding hydrogens is 667 g/mol. The quantitative estimate of drug-likeness (QED) is 0.108. The normalized spacial score (nSPS) is 17.4. The number of aryl methyl sites for hydroxylation is 1. The number of carboxylic acids is 1. The monoisotopic (exact) mass is 737 g/mol. The summed E-state index contributed by atoms with van der Waals surface area (Å²) in [5.41, 5.74) is 1.14. The first-order valence-electron chi connectivity index (χ1n) is 18.1. The van der Waals surface area contributed by atoms with Gasteiger partial charge < -0.3 is 19.1 Å². The molecule has 0 saturated heterocycles. The number of ketones is 1. The number of aliphatic hydroxyl groups is 1. The lowest BCUT2D eigenvalue weighted by Gasteiger charge is -2.46. The molecule has 2 N–H and O–H groups in total. The predicted molar refractivity (Wildman–Crippen MR) is 212 cm³/mol. The molecule has 0 aromatic carbocycles. The van der Waals surface area contributed by atoms with Gasteiger partial charge >= 0.3 is 5.97 Å². The molecular formula is C39H71NO6SSi2. The summed E-state index contributed by atoms with van der Waals surface area (Å²) in [7, 11) is -4.63. The van der Waals surface area contributed by atoms with Crippen molar-refractivity contribution in [2.45, 2.75) is 177 Å². The Morgan fingerprint density at radius 1 is 0.959 bits per heavy atom. The van der Waals surface area contributed by atoms with Gasteiger partial charge in [-0.3, -0.25) is 9.59 Å². The van der Waals surface area contributed by atoms with Gasteiger partial charge in [0.1, 0.15) is 5.78 Å². The Kier molecular flexibility index (Phi) is 16.6. The second kappa shape index (κ2) is 17.9. The molecule has 1 rings (SSSR count). The number of nitrogens with zero attached hydrogens (tertiary/aromatic N) is 1. The highest BCUT2D eigenvalue weighted by Gasteiger charge is 2.49. The van der Waals surface area contributed by atoms with Crippen LogP contribution in [0.1, 0.15) is 125 Å². The van der Waals surface area contributed by atoms with E-state index in [0.29, 0.717) is 6.42 Å². The molecule has 0 fully saturated rings. The molecule has 0 aliphatic rings. The van der Waals surface area contributed by atoms with Crippen LogP contribution in [0.25, 0.3) is 6.08 Å². The Morgan fingerprint density at radius 3 is 1.96 bits per heavy atom. The number of carbonyl (C=O) groups excluding carboxylic acids is 1. The zero-order valence-electron chi connectivity index (χ0n) is 34.0. The van der Waals surface area contributed by atoms with Crippen LogP contribution in [0.2, 0.25) is 36.3 Å². The maximum atomic E-state index is 14.5. The van der Waals surface area contributed by atoms with Crippen LogP contribution in [0.4, 0.5) is 0 Å². The molecule has 282 valence electrons. The molecule has 7 nitrogen and oxygen atoms in total. The van der Waals surface area contributed by atoms with Gasteiger partial charge in [0, 0.05) is 22.4 Å². The highest BCUT2D eigenvalue weighted by molar-refractivity contribution is 7.12. The lowest BCUT2D eigenvalue weighted by Crippen LogP contribution is -2.54. The van der Waals surface area contributed by atoms with Gasteiger partial charge in [-0.25, -0.2) is 4.98 Å². The van der Waals surface area contributed by atoms with Gasteiger partial charge in [-0.15, -0.1) is 11.3 Å². The Bertz CT molecular complexity index is 1300. The van der Waals surface area contributed by atoms with E-state index >= 15 is 0 Å². The summed E-state index contributed by atoms with van der Waals surface area (Å²) < 4.78 is 13.8. The third-order valence-electron chi connectivity index (χ3n) is 11.2. The molecule has 1 aromatic rings. The first kappa shape index (κ1) is 45.6. The number of aliphatic carboxylic acids is 1. The fraction of sp³-hybridized carbons (Fsp3) is 0.769. The number of aliphatic hydroxyl groups excluding tert-OH is 1. The van der Waals surface area contributed by atoms with Crippen LogP contribution < -0.4 is 0 Å². The lowest BCUT2D eigenvalue weighted by atomic mass is 9.73. The molecule has 0 amide bonds. The minimum absolute atomic E-state index is 0.00463. The molecule has 0 bridgehead atoms. The van der Waals surface area contributed by atoms with E-state index < -0.39 is 46.1 Å². The fourth-order valence-electron chi connectivity index (χ4n) is 5.49. The molecule has 1 heterocycles. The molecule has 10 heteroatoms. The van der Waals surface area contributed by atoms with Gasteiger partial charge in [0.05, 0.1) is 29.7 Å². The van der Waals surface area contributed by atoms with Crippen LogP contribution in [-0.4, -0.2) is 61.9 Å². The van der Waals surface area contributed by atoms with Crippen LogP contribution in [0.15, 0.2) is 23.4 Å². The summed E-state index contributed by atoms with van der Waals surface area (Å²) in [6.45, 7) is 35.6. The van der Waals surface area contributed by atoms with Crippen molar-refractivity contribution in [3.05, 3.63) is 33.3 Å². The Balaban J connectivity index is 3.20. The van der Waals surface area contributed by atoms with Crippen molar-refractivity contribution in [2.75, 3.05) is 0 Å². The SMILES string of the molecule is C/C(=C/CC(O)/C(C)=C/c1cnc(C)s1)CCCC(C)C(O[Si](C)(C)C(C)(C)C)C(C)C(=O)C(C)(C)C(CC(=O)O)O[Si](C)(C)C(C)(C)C. The number of aromatic nitrogens is 1. The van der Waals surface area contributed by atoms with Gasteiger partial charge in [0.25, 0.3) is 0 Å². The highest BCUT2D eigenvalue weighted by atomic mass is 32.1. The van der Waals surface area contributed by atoms with E-state index in [4.69, 9.17) is 8.85 Å². The molecule has 5 unspecified atom stereocenters. The van der Waals surface area contributed by atoms with E-state index in [1.165, 1.54) is 5.57 Å². The largest absolute Gasteiger partial charge is 0.481 e. The molecule has 0 aliphatic heterocycles. The maximum Gasteiger partial charge on any atom is 0.305 e. The van der Waals surface area contributed by atoms with E-state index in [1.54, 1.807) is 11.3 Å². The number of rotatable bonds is 19. The highest BCUT2D eigenvalue weighted by Crippen LogP contribution is 2.44. The van der Waals surface area contributed by atoms with Crippen molar-refractivity contribution in [3.63, 3.8) is 0 Å². The lowest BCUT2D eigenvalue weighted by molar-refractivity contribution is -0.146. The third-order valence-corrected chi connectivity index (χ3v) is 21.0. The summed E-state index contributed by atoms with van der Waals surface area (Å²) in [6, 6.07) is 0. The minimum Gasteiger partial charge on any atom is -0.481 e. The van der Waals surface area contributed by atoms with E-state index in [0.717, 1.165) is 34.7 Å². The Morgan fingerprint density at radius 2 is 1.49 bits per heavy atom. The summed E-state index contributed by atoms with van der Waals surface area (Å²) in [4.78, 5) is 32.0. The molecule has 0 aliphatic carbocycles. The number of carboxylic acid groups (broad SMARTS) is 1. The molecule has 1 aromatic heterocycles. The van der Waals surface area contributed by atoms with Crippen molar-refractivity contribution < 1.29 is 28.7 Å². The van der Waals surface area contributed by atoms with Gasteiger partial charge in [0.2, 0.25) is 0 Å².